The van der Waals surface area contributed by atoms with Crippen LogP contribution in [-0.2, 0) is 32.6 Å². The van der Waals surface area contributed by atoms with Crippen LogP contribution in [0.4, 0.5) is 5.69 Å². The molecule has 3 aromatic carbocycles. The van der Waals surface area contributed by atoms with Crippen LogP contribution in [-0.4, -0.2) is 56.6 Å². The number of anilines is 1. The van der Waals surface area contributed by atoms with E-state index < -0.39 is 16.1 Å². The monoisotopic (exact) mass is 619 g/mol. The van der Waals surface area contributed by atoms with Gasteiger partial charge in [0.1, 0.15) is 11.8 Å². The molecule has 1 aliphatic carbocycles. The van der Waals surface area contributed by atoms with Crippen molar-refractivity contribution in [1.29, 1.82) is 0 Å². The molecule has 1 atom stereocenters. The molecule has 1 unspecified atom stereocenters. The first kappa shape index (κ1) is 33.1. The van der Waals surface area contributed by atoms with E-state index in [1.54, 1.807) is 29.2 Å². The second kappa shape index (κ2) is 15.7. The summed E-state index contributed by atoms with van der Waals surface area (Å²) in [6, 6.07) is 24.1. The number of rotatable bonds is 15. The molecule has 8 nitrogen and oxygen atoms in total. The highest BCUT2D eigenvalue weighted by atomic mass is 32.2. The van der Waals surface area contributed by atoms with Crippen LogP contribution >= 0.6 is 0 Å². The molecule has 0 bridgehead atoms. The van der Waals surface area contributed by atoms with Gasteiger partial charge in [0, 0.05) is 32.0 Å². The summed E-state index contributed by atoms with van der Waals surface area (Å²) in [5, 5.41) is 3.23. The normalized spacial score (nSPS) is 14.2. The van der Waals surface area contributed by atoms with E-state index in [0.717, 1.165) is 48.6 Å². The lowest BCUT2D eigenvalue weighted by molar-refractivity contribution is -0.141. The highest BCUT2D eigenvalue weighted by Gasteiger charge is 2.32. The van der Waals surface area contributed by atoms with Crippen molar-refractivity contribution in [2.45, 2.75) is 77.4 Å². The van der Waals surface area contributed by atoms with E-state index in [1.807, 2.05) is 68.4 Å². The zero-order valence-corrected chi connectivity index (χ0v) is 26.9. The average Bonchev–Trinajstić information content (AvgIpc) is 3.51. The third-order valence-corrected chi connectivity index (χ3v) is 9.34. The maximum Gasteiger partial charge on any atom is 0.243 e. The number of carbonyl (C=O) groups is 2. The number of hydrogen-bond acceptors (Lipinski definition) is 5. The molecule has 1 fully saturated rings. The molecule has 44 heavy (non-hydrogen) atoms. The van der Waals surface area contributed by atoms with E-state index >= 15 is 0 Å². The van der Waals surface area contributed by atoms with Crippen LogP contribution in [0.2, 0.25) is 0 Å². The number of para-hydroxylation sites is 2. The van der Waals surface area contributed by atoms with Gasteiger partial charge in [-0.25, -0.2) is 8.42 Å². The Morgan fingerprint density at radius 2 is 1.61 bits per heavy atom. The Morgan fingerprint density at radius 1 is 0.955 bits per heavy atom. The Hall–Kier alpha value is -3.85. The zero-order chi connectivity index (χ0) is 31.5. The average molecular weight is 620 g/mol. The topological polar surface area (TPSA) is 96.0 Å². The third-order valence-electron chi connectivity index (χ3n) is 8.16. The number of nitrogens with zero attached hydrogens (tertiary/aromatic N) is 2. The van der Waals surface area contributed by atoms with Crippen molar-refractivity contribution in [3.63, 3.8) is 0 Å². The first-order valence-corrected chi connectivity index (χ1v) is 17.4. The highest BCUT2D eigenvalue weighted by Crippen LogP contribution is 2.30. The van der Waals surface area contributed by atoms with Gasteiger partial charge in [-0.3, -0.25) is 13.9 Å². The number of carbonyl (C=O) groups excluding carboxylic acids is 2. The fourth-order valence-corrected chi connectivity index (χ4v) is 6.78. The summed E-state index contributed by atoms with van der Waals surface area (Å²) in [4.78, 5) is 29.7. The third kappa shape index (κ3) is 9.08. The van der Waals surface area contributed by atoms with E-state index in [0.29, 0.717) is 24.5 Å². The Labute approximate surface area is 262 Å². The summed E-state index contributed by atoms with van der Waals surface area (Å²) in [7, 11) is -3.65. The van der Waals surface area contributed by atoms with Gasteiger partial charge in [-0.15, -0.1) is 0 Å². The number of ether oxygens (including phenoxy) is 1. The van der Waals surface area contributed by atoms with E-state index in [4.69, 9.17) is 4.74 Å². The summed E-state index contributed by atoms with van der Waals surface area (Å²) < 4.78 is 32.7. The lowest BCUT2D eigenvalue weighted by Gasteiger charge is -2.33. The second-order valence-corrected chi connectivity index (χ2v) is 13.4. The molecule has 236 valence electrons. The van der Waals surface area contributed by atoms with Crippen molar-refractivity contribution >= 4 is 27.5 Å². The minimum Gasteiger partial charge on any atom is -0.492 e. The van der Waals surface area contributed by atoms with Crippen LogP contribution in [0.15, 0.2) is 78.9 Å². The summed E-state index contributed by atoms with van der Waals surface area (Å²) in [6.07, 6.45) is 5.96. The predicted octanol–water partition coefficient (Wildman–Crippen LogP) is 5.64. The first-order chi connectivity index (χ1) is 21.2. The second-order valence-electron chi connectivity index (χ2n) is 11.5. The number of sulfonamides is 1. The van der Waals surface area contributed by atoms with Crippen LogP contribution in [0.5, 0.6) is 5.75 Å². The van der Waals surface area contributed by atoms with Gasteiger partial charge in [0.2, 0.25) is 21.8 Å². The molecule has 3 aromatic rings. The number of amides is 2. The smallest absolute Gasteiger partial charge is 0.243 e. The van der Waals surface area contributed by atoms with Crippen molar-refractivity contribution in [1.82, 2.24) is 10.2 Å². The van der Waals surface area contributed by atoms with Gasteiger partial charge in [0.25, 0.3) is 0 Å². The Bertz CT molecular complexity index is 1490. The van der Waals surface area contributed by atoms with Gasteiger partial charge in [0.15, 0.2) is 0 Å². The molecule has 4 rings (SSSR count). The zero-order valence-electron chi connectivity index (χ0n) is 26.1. The predicted molar refractivity (Wildman–Crippen MR) is 175 cm³/mol. The molecule has 0 saturated heterocycles. The van der Waals surface area contributed by atoms with Gasteiger partial charge < -0.3 is 15.0 Å². The van der Waals surface area contributed by atoms with Crippen LogP contribution in [0.1, 0.15) is 62.1 Å². The maximum atomic E-state index is 14.1. The fourth-order valence-electron chi connectivity index (χ4n) is 5.82. The fraction of sp³-hybridized carbons (Fsp3) is 0.429. The molecule has 1 N–H and O–H groups in total. The summed E-state index contributed by atoms with van der Waals surface area (Å²) >= 11 is 0. The molecule has 9 heteroatoms. The minimum absolute atomic E-state index is 0.0801. The molecule has 1 aliphatic rings. The van der Waals surface area contributed by atoms with Crippen LogP contribution in [0.3, 0.4) is 0 Å². The quantitative estimate of drug-likeness (QED) is 0.238. The van der Waals surface area contributed by atoms with E-state index in [2.05, 4.69) is 5.32 Å². The van der Waals surface area contributed by atoms with E-state index in [1.165, 1.54) is 4.31 Å². The molecular formula is C35H45N3O5S. The van der Waals surface area contributed by atoms with Crippen molar-refractivity contribution in [3.05, 3.63) is 95.6 Å². The SMILES string of the molecule is CCOc1ccccc1N(CCCC(=O)N(Cc1ccccc1C)C(Cc1ccccc1)C(=O)NC1CCCC1)S(C)(=O)=O. The van der Waals surface area contributed by atoms with Crippen LogP contribution in [0.25, 0.3) is 0 Å². The highest BCUT2D eigenvalue weighted by molar-refractivity contribution is 7.92. The minimum atomic E-state index is -3.65. The van der Waals surface area contributed by atoms with Crippen LogP contribution < -0.4 is 14.4 Å². The first-order valence-electron chi connectivity index (χ1n) is 15.5. The van der Waals surface area contributed by atoms with E-state index in [-0.39, 0.29) is 43.8 Å². The summed E-state index contributed by atoms with van der Waals surface area (Å²) in [6.45, 7) is 4.63. The molecule has 0 aromatic heterocycles. The van der Waals surface area contributed by atoms with Crippen LogP contribution in [0, 0.1) is 6.92 Å². The Balaban J connectivity index is 1.60. The Kier molecular flexibility index (Phi) is 11.8. The maximum absolute atomic E-state index is 14.1. The largest absolute Gasteiger partial charge is 0.492 e. The number of aryl methyl sites for hydroxylation is 1. The number of benzene rings is 3. The van der Waals surface area contributed by atoms with Crippen molar-refractivity contribution < 1.29 is 22.7 Å². The summed E-state index contributed by atoms with van der Waals surface area (Å²) in [5.74, 6) is 0.132. The lowest BCUT2D eigenvalue weighted by atomic mass is 10.0. The van der Waals surface area contributed by atoms with Gasteiger partial charge in [-0.1, -0.05) is 79.6 Å². The van der Waals surface area contributed by atoms with Crippen molar-refractivity contribution in [2.75, 3.05) is 23.7 Å². The standard InChI is InChI=1S/C35H45N3O5S/c1-4-43-33-22-13-12-21-31(33)38(44(3,41)42)24-14-23-34(39)37(26-29-18-9-8-15-27(29)2)32(25-28-16-6-5-7-17-28)35(40)36-30-19-10-11-20-30/h5-9,12-13,15-18,21-22,30,32H,4,10-11,14,19-20,23-26H2,1-3H3,(H,36,40). The van der Waals surface area contributed by atoms with Gasteiger partial charge in [-0.2, -0.15) is 0 Å². The van der Waals surface area contributed by atoms with Gasteiger partial charge in [0.05, 0.1) is 18.6 Å². The van der Waals surface area contributed by atoms with Crippen molar-refractivity contribution in [3.8, 4) is 5.75 Å². The molecule has 2 amide bonds. The molecule has 0 spiro atoms. The molecule has 1 saturated carbocycles. The van der Waals surface area contributed by atoms with Crippen molar-refractivity contribution in [2.24, 2.45) is 0 Å². The number of nitrogens with one attached hydrogen (secondary N) is 1. The molecular weight excluding hydrogens is 574 g/mol. The summed E-state index contributed by atoms with van der Waals surface area (Å²) in [5.41, 5.74) is 3.42. The molecule has 0 radical (unpaired) electrons. The van der Waals surface area contributed by atoms with Gasteiger partial charge >= 0.3 is 0 Å². The Morgan fingerprint density at radius 3 is 2.30 bits per heavy atom. The molecule has 0 heterocycles. The van der Waals surface area contributed by atoms with E-state index in [9.17, 15) is 18.0 Å². The lowest BCUT2D eigenvalue weighted by Crippen LogP contribution is -2.52. The molecule has 0 aliphatic heterocycles. The number of hydrogen-bond donors (Lipinski definition) is 1. The van der Waals surface area contributed by atoms with Gasteiger partial charge in [-0.05, 0) is 61.9 Å².